The molecule has 2 aliphatic heterocycles. The number of aromatic nitrogens is 3. The topological polar surface area (TPSA) is 143 Å². The summed E-state index contributed by atoms with van der Waals surface area (Å²) in [6.07, 6.45) is 2.18. The summed E-state index contributed by atoms with van der Waals surface area (Å²) in [5, 5.41) is 7.95. The number of amides is 1. The van der Waals surface area contributed by atoms with E-state index >= 15 is 0 Å². The average molecular weight is 634 g/mol. The molecule has 5 rings (SSSR count). The van der Waals surface area contributed by atoms with E-state index in [1.54, 1.807) is 18.1 Å². The second kappa shape index (κ2) is 12.8. The van der Waals surface area contributed by atoms with Crippen LogP contribution in [0.15, 0.2) is 24.8 Å². The molecular weight excluding hydrogens is 602 g/mol. The van der Waals surface area contributed by atoms with Gasteiger partial charge in [-0.1, -0.05) is 29.8 Å². The van der Waals surface area contributed by atoms with Crippen molar-refractivity contribution in [2.75, 3.05) is 70.7 Å². The Kier molecular flexibility index (Phi) is 9.16. The molecule has 0 unspecified atom stereocenters. The second-order valence-corrected chi connectivity index (χ2v) is 11.1. The highest BCUT2D eigenvalue weighted by atomic mass is 35.5. The van der Waals surface area contributed by atoms with Crippen LogP contribution in [0.5, 0.6) is 17.6 Å². The highest BCUT2D eigenvalue weighted by Gasteiger charge is 2.32. The standard InChI is InChI=1S/C28H31Cl2FN8O4/c1-4-22(40)38-5-7-39(8-6-38)26-16-9-21(29)34-27(43-25-17(11-32)19(33)10-18(31)23(25)30)24(16)35-28(36-26)42-14-15-12-37(2)13-20(15)41-3/h4,9-11,15,20,32H,1,5-8,12-14,33H2,2-3H3/t15-,20+/m0/s1. The lowest BCUT2D eigenvalue weighted by Gasteiger charge is -2.35. The van der Waals surface area contributed by atoms with E-state index < -0.39 is 5.82 Å². The molecule has 4 heterocycles. The molecule has 1 aromatic carbocycles. The van der Waals surface area contributed by atoms with Gasteiger partial charge in [0.2, 0.25) is 11.8 Å². The number of anilines is 2. The molecule has 15 heteroatoms. The van der Waals surface area contributed by atoms with E-state index in [1.807, 2.05) is 11.9 Å². The Bertz CT molecular complexity index is 1570. The number of nitrogens with two attached hydrogens (primary N) is 1. The van der Waals surface area contributed by atoms with Crippen molar-refractivity contribution in [3.8, 4) is 17.6 Å². The fourth-order valence-corrected chi connectivity index (χ4v) is 5.70. The highest BCUT2D eigenvalue weighted by molar-refractivity contribution is 6.33. The summed E-state index contributed by atoms with van der Waals surface area (Å²) >= 11 is 12.7. The van der Waals surface area contributed by atoms with Gasteiger partial charge in [0.25, 0.3) is 0 Å². The first-order valence-corrected chi connectivity index (χ1v) is 14.2. The normalized spacial score (nSPS) is 19.1. The van der Waals surface area contributed by atoms with Crippen LogP contribution in [0.2, 0.25) is 10.2 Å². The number of benzene rings is 1. The Hall–Kier alpha value is -3.78. The smallest absolute Gasteiger partial charge is 0.319 e. The molecule has 2 saturated heterocycles. The molecule has 43 heavy (non-hydrogen) atoms. The van der Waals surface area contributed by atoms with Gasteiger partial charge in [-0.05, 0) is 25.3 Å². The van der Waals surface area contributed by atoms with E-state index in [-0.39, 0.29) is 69.1 Å². The summed E-state index contributed by atoms with van der Waals surface area (Å²) in [7, 11) is 3.68. The van der Waals surface area contributed by atoms with Crippen LogP contribution in [0.3, 0.4) is 0 Å². The molecule has 3 aromatic rings. The number of halogens is 3. The molecule has 2 fully saturated rings. The lowest BCUT2D eigenvalue weighted by atomic mass is 10.1. The molecule has 12 nitrogen and oxygen atoms in total. The molecule has 0 radical (unpaired) electrons. The number of nitrogen functional groups attached to an aromatic ring is 1. The van der Waals surface area contributed by atoms with E-state index in [0.29, 0.717) is 37.4 Å². The monoisotopic (exact) mass is 632 g/mol. The number of likely N-dealkylation sites (N-methyl/N-ethyl adjacent to an activating group) is 1. The van der Waals surface area contributed by atoms with Crippen molar-refractivity contribution in [2.45, 2.75) is 6.10 Å². The van der Waals surface area contributed by atoms with E-state index in [0.717, 1.165) is 25.4 Å². The lowest BCUT2D eigenvalue weighted by molar-refractivity contribution is -0.126. The van der Waals surface area contributed by atoms with Crippen molar-refractivity contribution in [3.63, 3.8) is 0 Å². The third kappa shape index (κ3) is 6.30. The summed E-state index contributed by atoms with van der Waals surface area (Å²) in [6.45, 7) is 7.22. The SMILES string of the molecule is C=CC(=O)N1CCN(c2nc(OC[C@@H]3CN(C)C[C@H]3OC)nc3c(Oc4c(Cl)c(F)cc(N)c4C=N)nc(Cl)cc23)CC1. The number of methoxy groups -OCH3 is 1. The molecule has 3 N–H and O–H groups in total. The first-order chi connectivity index (χ1) is 20.6. The Balaban J connectivity index is 1.58. The van der Waals surface area contributed by atoms with Crippen LogP contribution in [0.25, 0.3) is 10.9 Å². The van der Waals surface area contributed by atoms with Crippen LogP contribution >= 0.6 is 23.2 Å². The Labute approximate surface area is 257 Å². The number of carbonyl (C=O) groups is 1. The van der Waals surface area contributed by atoms with Gasteiger partial charge in [-0.3, -0.25) is 4.79 Å². The molecule has 2 aromatic heterocycles. The molecule has 1 amide bonds. The summed E-state index contributed by atoms with van der Waals surface area (Å²) in [6, 6.07) is 2.66. The molecule has 0 bridgehead atoms. The summed E-state index contributed by atoms with van der Waals surface area (Å²) in [5.41, 5.74) is 6.18. The van der Waals surface area contributed by atoms with Crippen LogP contribution in [-0.2, 0) is 9.53 Å². The van der Waals surface area contributed by atoms with Gasteiger partial charge in [0.15, 0.2) is 5.75 Å². The number of hydrogen-bond acceptors (Lipinski definition) is 11. The maximum Gasteiger partial charge on any atom is 0.319 e. The van der Waals surface area contributed by atoms with Crippen molar-refractivity contribution < 1.29 is 23.4 Å². The molecule has 2 atom stereocenters. The van der Waals surface area contributed by atoms with E-state index in [9.17, 15) is 9.18 Å². The van der Waals surface area contributed by atoms with Crippen molar-refractivity contribution >= 4 is 57.7 Å². The third-order valence-corrected chi connectivity index (χ3v) is 8.07. The number of ether oxygens (including phenoxy) is 3. The Morgan fingerprint density at radius 3 is 2.63 bits per heavy atom. The van der Waals surface area contributed by atoms with Gasteiger partial charge in [0.05, 0.1) is 23.7 Å². The molecule has 228 valence electrons. The predicted molar refractivity (Wildman–Crippen MR) is 162 cm³/mol. The first-order valence-electron chi connectivity index (χ1n) is 13.5. The third-order valence-electron chi connectivity index (χ3n) is 7.53. The van der Waals surface area contributed by atoms with E-state index in [2.05, 4.69) is 21.4 Å². The van der Waals surface area contributed by atoms with Gasteiger partial charge in [-0.2, -0.15) is 15.0 Å². The number of piperazine rings is 1. The zero-order valence-corrected chi connectivity index (χ0v) is 25.2. The summed E-state index contributed by atoms with van der Waals surface area (Å²) in [5.74, 6) is -0.727. The molecular formula is C28H31Cl2FN8O4. The highest BCUT2D eigenvalue weighted by Crippen LogP contribution is 2.41. The van der Waals surface area contributed by atoms with Crippen LogP contribution in [-0.4, -0.2) is 103 Å². The average Bonchev–Trinajstić information content (AvgIpc) is 3.37. The number of pyridine rings is 1. The van der Waals surface area contributed by atoms with Crippen LogP contribution in [0.4, 0.5) is 15.9 Å². The van der Waals surface area contributed by atoms with Gasteiger partial charge in [0.1, 0.15) is 27.3 Å². The number of likely N-dealkylation sites (tertiary alicyclic amines) is 1. The fourth-order valence-electron chi connectivity index (χ4n) is 5.32. The number of rotatable bonds is 9. The van der Waals surface area contributed by atoms with Gasteiger partial charge in [-0.25, -0.2) is 4.39 Å². The van der Waals surface area contributed by atoms with Gasteiger partial charge >= 0.3 is 6.01 Å². The van der Waals surface area contributed by atoms with E-state index in [4.69, 9.17) is 53.5 Å². The van der Waals surface area contributed by atoms with Gasteiger partial charge < -0.3 is 40.1 Å². The Morgan fingerprint density at radius 1 is 1.21 bits per heavy atom. The number of nitrogens with zero attached hydrogens (tertiary/aromatic N) is 6. The minimum atomic E-state index is -0.827. The Morgan fingerprint density at radius 2 is 1.95 bits per heavy atom. The van der Waals surface area contributed by atoms with Crippen molar-refractivity contribution in [1.82, 2.24) is 24.8 Å². The van der Waals surface area contributed by atoms with Crippen molar-refractivity contribution in [1.29, 1.82) is 5.41 Å². The first kappa shape index (κ1) is 30.7. The van der Waals surface area contributed by atoms with Crippen molar-refractivity contribution in [2.24, 2.45) is 5.92 Å². The van der Waals surface area contributed by atoms with Gasteiger partial charge in [0, 0.05) is 64.2 Å². The lowest BCUT2D eigenvalue weighted by Crippen LogP contribution is -2.48. The summed E-state index contributed by atoms with van der Waals surface area (Å²) < 4.78 is 32.4. The molecule has 0 aliphatic carbocycles. The zero-order valence-electron chi connectivity index (χ0n) is 23.6. The maximum atomic E-state index is 14.6. The fraction of sp³-hybridized carbons (Fsp3) is 0.393. The minimum absolute atomic E-state index is 0.0140. The number of fused-ring (bicyclic) bond motifs is 1. The quantitative estimate of drug-likeness (QED) is 0.155. The predicted octanol–water partition coefficient (Wildman–Crippen LogP) is 3.63. The number of nitrogens with one attached hydrogen (secondary N) is 1. The number of carbonyl (C=O) groups excluding carboxylic acids is 1. The molecule has 2 aliphatic rings. The van der Waals surface area contributed by atoms with Crippen LogP contribution in [0.1, 0.15) is 5.56 Å². The zero-order chi connectivity index (χ0) is 30.8. The van der Waals surface area contributed by atoms with Crippen LogP contribution in [0, 0.1) is 17.1 Å². The molecule has 0 spiro atoms. The van der Waals surface area contributed by atoms with E-state index in [1.165, 1.54) is 6.08 Å². The van der Waals surface area contributed by atoms with Crippen LogP contribution < -0.4 is 20.1 Å². The largest absolute Gasteiger partial charge is 0.463 e. The maximum absolute atomic E-state index is 14.6. The second-order valence-electron chi connectivity index (χ2n) is 10.3. The van der Waals surface area contributed by atoms with Crippen molar-refractivity contribution in [3.05, 3.63) is 46.3 Å². The minimum Gasteiger partial charge on any atom is -0.463 e. The summed E-state index contributed by atoms with van der Waals surface area (Å²) in [4.78, 5) is 31.7. The van der Waals surface area contributed by atoms with Gasteiger partial charge in [-0.15, -0.1) is 0 Å². The molecule has 0 saturated carbocycles. The number of hydrogen-bond donors (Lipinski definition) is 2.